The number of aliphatic hydroxyl groups is 1. The van der Waals surface area contributed by atoms with Crippen LogP contribution in [0.5, 0.6) is 0 Å². The van der Waals surface area contributed by atoms with Gasteiger partial charge in [-0.15, -0.1) is 0 Å². The molecule has 1 rings (SSSR count). The first-order valence-corrected chi connectivity index (χ1v) is 8.89. The number of anilines is 1. The molecule has 0 saturated heterocycles. The Balaban J connectivity index is 2.30. The molecular formula is C15H25NO4S. The van der Waals surface area contributed by atoms with Crippen LogP contribution in [0.15, 0.2) is 29.2 Å². The van der Waals surface area contributed by atoms with Gasteiger partial charge in [0.1, 0.15) is 6.23 Å². The molecule has 0 fully saturated rings. The summed E-state index contributed by atoms with van der Waals surface area (Å²) in [5.74, 6) is 0. The molecule has 0 bridgehead atoms. The highest BCUT2D eigenvalue weighted by molar-refractivity contribution is 7.85. The Hall–Kier alpha value is -1.11. The van der Waals surface area contributed by atoms with E-state index in [0.29, 0.717) is 12.1 Å². The normalized spacial score (nSPS) is 13.1. The van der Waals surface area contributed by atoms with Gasteiger partial charge in [-0.25, -0.2) is 0 Å². The van der Waals surface area contributed by atoms with Gasteiger partial charge < -0.3 is 10.4 Å². The van der Waals surface area contributed by atoms with Crippen LogP contribution in [0.4, 0.5) is 5.69 Å². The summed E-state index contributed by atoms with van der Waals surface area (Å²) in [7, 11) is -4.16. The monoisotopic (exact) mass is 315 g/mol. The van der Waals surface area contributed by atoms with Crippen LogP contribution in [-0.2, 0) is 10.1 Å². The van der Waals surface area contributed by atoms with Gasteiger partial charge in [0.15, 0.2) is 0 Å². The van der Waals surface area contributed by atoms with Gasteiger partial charge in [-0.1, -0.05) is 39.0 Å². The van der Waals surface area contributed by atoms with Gasteiger partial charge in [0.2, 0.25) is 0 Å². The van der Waals surface area contributed by atoms with E-state index in [1.54, 1.807) is 0 Å². The molecule has 1 atom stereocenters. The van der Waals surface area contributed by atoms with Crippen molar-refractivity contribution in [3.8, 4) is 0 Å². The topological polar surface area (TPSA) is 86.6 Å². The van der Waals surface area contributed by atoms with Gasteiger partial charge in [0.25, 0.3) is 10.1 Å². The number of benzene rings is 1. The molecular weight excluding hydrogens is 290 g/mol. The minimum atomic E-state index is -4.16. The van der Waals surface area contributed by atoms with Crippen LogP contribution in [0.25, 0.3) is 0 Å². The van der Waals surface area contributed by atoms with Gasteiger partial charge in [0, 0.05) is 5.69 Å². The number of unbranched alkanes of at least 4 members (excludes halogenated alkanes) is 5. The molecule has 0 aromatic heterocycles. The molecule has 6 heteroatoms. The Morgan fingerprint density at radius 1 is 1.05 bits per heavy atom. The van der Waals surface area contributed by atoms with Crippen molar-refractivity contribution in [3.05, 3.63) is 24.3 Å². The largest absolute Gasteiger partial charge is 0.374 e. The summed E-state index contributed by atoms with van der Waals surface area (Å²) >= 11 is 0. The average molecular weight is 315 g/mol. The number of aliphatic hydroxyl groups excluding tert-OH is 1. The van der Waals surface area contributed by atoms with E-state index in [2.05, 4.69) is 12.2 Å². The van der Waals surface area contributed by atoms with E-state index in [4.69, 9.17) is 4.55 Å². The fraction of sp³-hybridized carbons (Fsp3) is 0.600. The van der Waals surface area contributed by atoms with Gasteiger partial charge in [-0.05, 0) is 37.1 Å². The second-order valence-corrected chi connectivity index (χ2v) is 6.64. The van der Waals surface area contributed by atoms with E-state index < -0.39 is 16.3 Å². The van der Waals surface area contributed by atoms with Crippen molar-refractivity contribution in [2.45, 2.75) is 63.0 Å². The maximum atomic E-state index is 10.9. The highest BCUT2D eigenvalue weighted by atomic mass is 32.2. The van der Waals surface area contributed by atoms with Gasteiger partial charge in [-0.3, -0.25) is 4.55 Å². The smallest absolute Gasteiger partial charge is 0.294 e. The van der Waals surface area contributed by atoms with E-state index in [1.807, 2.05) is 0 Å². The predicted octanol–water partition coefficient (Wildman–Crippen LogP) is 3.41. The van der Waals surface area contributed by atoms with Crippen LogP contribution in [0.3, 0.4) is 0 Å². The zero-order chi connectivity index (χ0) is 15.7. The maximum Gasteiger partial charge on any atom is 0.294 e. The third-order valence-electron chi connectivity index (χ3n) is 3.32. The molecule has 3 N–H and O–H groups in total. The molecule has 0 heterocycles. The molecule has 1 unspecified atom stereocenters. The first-order chi connectivity index (χ1) is 9.93. The molecule has 0 radical (unpaired) electrons. The second-order valence-electron chi connectivity index (χ2n) is 5.22. The molecule has 5 nitrogen and oxygen atoms in total. The molecule has 0 spiro atoms. The van der Waals surface area contributed by atoms with Crippen molar-refractivity contribution in [1.29, 1.82) is 0 Å². The predicted molar refractivity (Wildman–Crippen MR) is 83.9 cm³/mol. The van der Waals surface area contributed by atoms with Crippen LogP contribution >= 0.6 is 0 Å². The molecule has 0 aliphatic rings. The van der Waals surface area contributed by atoms with Crippen molar-refractivity contribution < 1.29 is 18.1 Å². The highest BCUT2D eigenvalue weighted by Gasteiger charge is 2.09. The number of hydrogen-bond donors (Lipinski definition) is 3. The first-order valence-electron chi connectivity index (χ1n) is 7.45. The lowest BCUT2D eigenvalue weighted by Crippen LogP contribution is -2.18. The Morgan fingerprint density at radius 3 is 2.19 bits per heavy atom. The summed E-state index contributed by atoms with van der Waals surface area (Å²) in [4.78, 5) is -0.154. The molecule has 0 saturated carbocycles. The fourth-order valence-corrected chi connectivity index (χ4v) is 2.59. The quantitative estimate of drug-likeness (QED) is 0.350. The third-order valence-corrected chi connectivity index (χ3v) is 4.18. The van der Waals surface area contributed by atoms with Crippen molar-refractivity contribution in [2.75, 3.05) is 5.32 Å². The zero-order valence-electron chi connectivity index (χ0n) is 12.5. The zero-order valence-corrected chi connectivity index (χ0v) is 13.3. The standard InChI is InChI=1S/C15H25NO4S/c1-2-3-4-5-6-7-8-15(17)16-13-9-11-14(12-10-13)21(18,19)20/h9-12,15-17H,2-8H2,1H3,(H,18,19,20). The third kappa shape index (κ3) is 7.45. The SMILES string of the molecule is CCCCCCCCC(O)Nc1ccc(S(=O)(=O)O)cc1. The van der Waals surface area contributed by atoms with Crippen molar-refractivity contribution >= 4 is 15.8 Å². The fourth-order valence-electron chi connectivity index (χ4n) is 2.11. The van der Waals surface area contributed by atoms with E-state index >= 15 is 0 Å². The van der Waals surface area contributed by atoms with E-state index in [1.165, 1.54) is 49.9 Å². The average Bonchev–Trinajstić information content (AvgIpc) is 2.42. The summed E-state index contributed by atoms with van der Waals surface area (Å²) in [5.41, 5.74) is 0.626. The molecule has 1 aromatic rings. The van der Waals surface area contributed by atoms with Crippen LogP contribution in [0.2, 0.25) is 0 Å². The van der Waals surface area contributed by atoms with E-state index in [0.717, 1.165) is 12.8 Å². The lowest BCUT2D eigenvalue weighted by atomic mass is 10.1. The van der Waals surface area contributed by atoms with E-state index in [9.17, 15) is 13.5 Å². The number of hydrogen-bond acceptors (Lipinski definition) is 4. The van der Waals surface area contributed by atoms with E-state index in [-0.39, 0.29) is 4.90 Å². The van der Waals surface area contributed by atoms with Crippen molar-refractivity contribution in [3.63, 3.8) is 0 Å². The minimum Gasteiger partial charge on any atom is -0.374 e. The Kier molecular flexibility index (Phi) is 7.71. The molecule has 0 aliphatic carbocycles. The van der Waals surface area contributed by atoms with Gasteiger partial charge in [0.05, 0.1) is 4.90 Å². The molecule has 1 aromatic carbocycles. The minimum absolute atomic E-state index is 0.154. The lowest BCUT2D eigenvalue weighted by molar-refractivity contribution is 0.188. The summed E-state index contributed by atoms with van der Waals surface area (Å²) in [6.07, 6.45) is 7.02. The number of rotatable bonds is 10. The molecule has 21 heavy (non-hydrogen) atoms. The molecule has 0 amide bonds. The Bertz CT molecular complexity index is 499. The van der Waals surface area contributed by atoms with Crippen LogP contribution in [-0.4, -0.2) is 24.3 Å². The van der Waals surface area contributed by atoms with Crippen LogP contribution in [0, 0.1) is 0 Å². The second kappa shape index (κ2) is 9.02. The van der Waals surface area contributed by atoms with Crippen LogP contribution < -0.4 is 5.32 Å². The summed E-state index contributed by atoms with van der Waals surface area (Å²) in [6.45, 7) is 2.18. The maximum absolute atomic E-state index is 10.9. The lowest BCUT2D eigenvalue weighted by Gasteiger charge is -2.14. The van der Waals surface area contributed by atoms with Crippen molar-refractivity contribution in [2.24, 2.45) is 0 Å². The summed E-state index contributed by atoms with van der Waals surface area (Å²) in [5, 5.41) is 12.8. The van der Waals surface area contributed by atoms with Gasteiger partial charge in [-0.2, -0.15) is 8.42 Å². The highest BCUT2D eigenvalue weighted by Crippen LogP contribution is 2.16. The molecule has 120 valence electrons. The van der Waals surface area contributed by atoms with Crippen molar-refractivity contribution in [1.82, 2.24) is 0 Å². The first kappa shape index (κ1) is 17.9. The van der Waals surface area contributed by atoms with Gasteiger partial charge >= 0.3 is 0 Å². The number of nitrogens with one attached hydrogen (secondary N) is 1. The Labute approximate surface area is 127 Å². The summed E-state index contributed by atoms with van der Waals surface area (Å²) < 4.78 is 30.7. The summed E-state index contributed by atoms with van der Waals surface area (Å²) in [6, 6.07) is 5.64. The van der Waals surface area contributed by atoms with Crippen LogP contribution in [0.1, 0.15) is 51.9 Å². The Morgan fingerprint density at radius 2 is 1.62 bits per heavy atom. The molecule has 0 aliphatic heterocycles.